The number of methoxy groups -OCH3 is 2. The Morgan fingerprint density at radius 2 is 1.75 bits per heavy atom. The molecule has 0 radical (unpaired) electrons. The van der Waals surface area contributed by atoms with E-state index in [9.17, 15) is 9.59 Å². The fourth-order valence-electron chi connectivity index (χ4n) is 3.46. The Bertz CT molecular complexity index is 856. The van der Waals surface area contributed by atoms with Crippen LogP contribution >= 0.6 is 0 Å². The van der Waals surface area contributed by atoms with Gasteiger partial charge in [0.25, 0.3) is 5.91 Å². The maximum absolute atomic E-state index is 13.1. The van der Waals surface area contributed by atoms with Gasteiger partial charge in [-0.1, -0.05) is 32.0 Å². The minimum Gasteiger partial charge on any atom is -0.497 e. The third-order valence-corrected chi connectivity index (χ3v) is 4.84. The molecule has 1 atom stereocenters. The molecule has 6 nitrogen and oxygen atoms in total. The predicted octanol–water partition coefficient (Wildman–Crippen LogP) is 3.71. The van der Waals surface area contributed by atoms with Crippen molar-refractivity contribution in [2.24, 2.45) is 5.92 Å². The summed E-state index contributed by atoms with van der Waals surface area (Å²) in [6.45, 7) is 4.53. The standard InChI is InChI=1S/C22H26N2O4/c1-14(2)9-20(24-13-15-7-5-6-8-19(15)22(24)26)21(25)23-16-10-17(27-3)12-18(11-16)28-4/h5-8,10-12,14,20H,9,13H2,1-4H3,(H,23,25)/t20-/m1/s1. The molecule has 148 valence electrons. The number of anilines is 1. The number of rotatable bonds is 7. The first-order chi connectivity index (χ1) is 13.4. The maximum Gasteiger partial charge on any atom is 0.255 e. The first kappa shape index (κ1) is 19.7. The molecule has 2 aromatic carbocycles. The molecule has 0 fully saturated rings. The number of carbonyl (C=O) groups is 2. The number of ether oxygens (including phenoxy) is 2. The van der Waals surface area contributed by atoms with E-state index in [2.05, 4.69) is 5.32 Å². The number of fused-ring (bicyclic) bond motifs is 1. The molecule has 1 aliphatic heterocycles. The smallest absolute Gasteiger partial charge is 0.255 e. The molecular weight excluding hydrogens is 356 g/mol. The molecule has 1 N–H and O–H groups in total. The third-order valence-electron chi connectivity index (χ3n) is 4.84. The maximum atomic E-state index is 13.1. The van der Waals surface area contributed by atoms with Crippen LogP contribution < -0.4 is 14.8 Å². The van der Waals surface area contributed by atoms with Crippen molar-refractivity contribution in [3.63, 3.8) is 0 Å². The van der Waals surface area contributed by atoms with Crippen molar-refractivity contribution in [2.45, 2.75) is 32.9 Å². The van der Waals surface area contributed by atoms with E-state index in [0.29, 0.717) is 35.7 Å². The van der Waals surface area contributed by atoms with Gasteiger partial charge in [0.15, 0.2) is 0 Å². The largest absolute Gasteiger partial charge is 0.497 e. The van der Waals surface area contributed by atoms with Gasteiger partial charge in [-0.05, 0) is 24.0 Å². The summed E-state index contributed by atoms with van der Waals surface area (Å²) in [5.74, 6) is 1.11. The lowest BCUT2D eigenvalue weighted by atomic mass is 10.0. The molecule has 28 heavy (non-hydrogen) atoms. The van der Waals surface area contributed by atoms with E-state index in [1.807, 2.05) is 38.1 Å². The highest BCUT2D eigenvalue weighted by atomic mass is 16.5. The number of carbonyl (C=O) groups excluding carboxylic acids is 2. The molecule has 0 aliphatic carbocycles. The summed E-state index contributed by atoms with van der Waals surface area (Å²) < 4.78 is 10.5. The Hall–Kier alpha value is -3.02. The van der Waals surface area contributed by atoms with Crippen LogP contribution in [-0.2, 0) is 11.3 Å². The zero-order valence-electron chi connectivity index (χ0n) is 16.7. The summed E-state index contributed by atoms with van der Waals surface area (Å²) in [5, 5.41) is 2.93. The van der Waals surface area contributed by atoms with E-state index >= 15 is 0 Å². The first-order valence-electron chi connectivity index (χ1n) is 9.35. The van der Waals surface area contributed by atoms with Gasteiger partial charge >= 0.3 is 0 Å². The molecule has 0 saturated carbocycles. The van der Waals surface area contributed by atoms with Crippen LogP contribution in [0.4, 0.5) is 5.69 Å². The third kappa shape index (κ3) is 4.11. The Balaban J connectivity index is 1.85. The highest BCUT2D eigenvalue weighted by Gasteiger charge is 2.36. The minimum absolute atomic E-state index is 0.0976. The van der Waals surface area contributed by atoms with E-state index in [4.69, 9.17) is 9.47 Å². The van der Waals surface area contributed by atoms with Crippen LogP contribution in [0.5, 0.6) is 11.5 Å². The quantitative estimate of drug-likeness (QED) is 0.793. The number of amides is 2. The van der Waals surface area contributed by atoms with Crippen molar-refractivity contribution in [1.29, 1.82) is 0 Å². The highest BCUT2D eigenvalue weighted by Crippen LogP contribution is 2.29. The fraction of sp³-hybridized carbons (Fsp3) is 0.364. The molecule has 0 unspecified atom stereocenters. The van der Waals surface area contributed by atoms with Gasteiger partial charge in [-0.15, -0.1) is 0 Å². The molecule has 3 rings (SSSR count). The van der Waals surface area contributed by atoms with Crippen molar-refractivity contribution < 1.29 is 19.1 Å². The second-order valence-corrected chi connectivity index (χ2v) is 7.33. The lowest BCUT2D eigenvalue weighted by Crippen LogP contribution is -2.45. The van der Waals surface area contributed by atoms with Crippen LogP contribution in [0.2, 0.25) is 0 Å². The molecule has 2 amide bonds. The van der Waals surface area contributed by atoms with Crippen LogP contribution in [0.3, 0.4) is 0 Å². The van der Waals surface area contributed by atoms with Crippen LogP contribution in [-0.4, -0.2) is 37.0 Å². The van der Waals surface area contributed by atoms with Gasteiger partial charge in [0.05, 0.1) is 14.2 Å². The number of nitrogens with zero attached hydrogens (tertiary/aromatic N) is 1. The fourth-order valence-corrected chi connectivity index (χ4v) is 3.46. The molecule has 0 bridgehead atoms. The van der Waals surface area contributed by atoms with E-state index in [0.717, 1.165) is 5.56 Å². The molecule has 0 spiro atoms. The zero-order valence-corrected chi connectivity index (χ0v) is 16.7. The monoisotopic (exact) mass is 382 g/mol. The first-order valence-corrected chi connectivity index (χ1v) is 9.35. The van der Waals surface area contributed by atoms with Gasteiger partial charge in [-0.25, -0.2) is 0 Å². The zero-order chi connectivity index (χ0) is 20.3. The Labute approximate surface area is 165 Å². The van der Waals surface area contributed by atoms with E-state index < -0.39 is 6.04 Å². The van der Waals surface area contributed by atoms with E-state index in [1.54, 1.807) is 37.3 Å². The topological polar surface area (TPSA) is 67.9 Å². The van der Waals surface area contributed by atoms with Crippen LogP contribution in [0.25, 0.3) is 0 Å². The minimum atomic E-state index is -0.558. The van der Waals surface area contributed by atoms with Gasteiger partial charge in [-0.2, -0.15) is 0 Å². The summed E-state index contributed by atoms with van der Waals surface area (Å²) in [4.78, 5) is 27.7. The number of benzene rings is 2. The van der Waals surface area contributed by atoms with Gasteiger partial charge < -0.3 is 19.7 Å². The van der Waals surface area contributed by atoms with Gasteiger partial charge in [0.2, 0.25) is 5.91 Å². The van der Waals surface area contributed by atoms with Crippen molar-refractivity contribution in [2.75, 3.05) is 19.5 Å². The Kier molecular flexibility index (Phi) is 5.87. The predicted molar refractivity (Wildman–Crippen MR) is 108 cm³/mol. The molecule has 1 aliphatic rings. The summed E-state index contributed by atoms with van der Waals surface area (Å²) in [6.07, 6.45) is 0.576. The van der Waals surface area contributed by atoms with Gasteiger partial charge in [0.1, 0.15) is 17.5 Å². The summed E-state index contributed by atoms with van der Waals surface area (Å²) in [7, 11) is 3.12. The molecule has 0 saturated heterocycles. The lowest BCUT2D eigenvalue weighted by Gasteiger charge is -2.28. The molecule has 2 aromatic rings. The van der Waals surface area contributed by atoms with Crippen molar-refractivity contribution in [1.82, 2.24) is 4.90 Å². The molecule has 0 aromatic heterocycles. The van der Waals surface area contributed by atoms with Crippen LogP contribution in [0, 0.1) is 5.92 Å². The average molecular weight is 382 g/mol. The van der Waals surface area contributed by atoms with Crippen LogP contribution in [0.1, 0.15) is 36.2 Å². The Morgan fingerprint density at radius 3 is 2.32 bits per heavy atom. The normalized spacial score (nSPS) is 14.0. The van der Waals surface area contributed by atoms with E-state index in [-0.39, 0.29) is 17.7 Å². The van der Waals surface area contributed by atoms with Gasteiger partial charge in [0, 0.05) is 36.0 Å². The second-order valence-electron chi connectivity index (χ2n) is 7.33. The van der Waals surface area contributed by atoms with Crippen molar-refractivity contribution >= 4 is 17.5 Å². The summed E-state index contributed by atoms with van der Waals surface area (Å²) in [6, 6.07) is 12.1. The second kappa shape index (κ2) is 8.33. The number of hydrogen-bond donors (Lipinski definition) is 1. The Morgan fingerprint density at radius 1 is 1.11 bits per heavy atom. The van der Waals surface area contributed by atoms with Crippen molar-refractivity contribution in [3.05, 3.63) is 53.6 Å². The SMILES string of the molecule is COc1cc(NC(=O)[C@@H](CC(C)C)N2Cc3ccccc3C2=O)cc(OC)c1. The molecular formula is C22H26N2O4. The summed E-state index contributed by atoms with van der Waals surface area (Å²) in [5.41, 5.74) is 2.20. The van der Waals surface area contributed by atoms with Crippen LogP contribution in [0.15, 0.2) is 42.5 Å². The highest BCUT2D eigenvalue weighted by molar-refractivity contribution is 6.03. The lowest BCUT2D eigenvalue weighted by molar-refractivity contribution is -0.121. The molecule has 1 heterocycles. The average Bonchev–Trinajstić information content (AvgIpc) is 3.02. The van der Waals surface area contributed by atoms with Gasteiger partial charge in [-0.3, -0.25) is 9.59 Å². The number of hydrogen-bond acceptors (Lipinski definition) is 4. The van der Waals surface area contributed by atoms with Crippen molar-refractivity contribution in [3.8, 4) is 11.5 Å². The van der Waals surface area contributed by atoms with E-state index in [1.165, 1.54) is 0 Å². The number of nitrogens with one attached hydrogen (secondary N) is 1. The summed E-state index contributed by atoms with van der Waals surface area (Å²) >= 11 is 0. The molecule has 6 heteroatoms.